The molecule has 1 aliphatic heterocycles. The van der Waals surface area contributed by atoms with E-state index in [4.69, 9.17) is 5.11 Å². The Balaban J connectivity index is 1.70. The van der Waals surface area contributed by atoms with Crippen molar-refractivity contribution in [2.75, 3.05) is 13.1 Å². The number of carboxylic acid groups (broad SMARTS) is 1. The van der Waals surface area contributed by atoms with Crippen molar-refractivity contribution in [3.05, 3.63) is 48.3 Å². The highest BCUT2D eigenvalue weighted by molar-refractivity contribution is 5.70. The SMILES string of the molecule is O=C(O)C1CCCN(Cc2cccc(-n3cccn3)c2)C1. The molecule has 1 aromatic heterocycles. The summed E-state index contributed by atoms with van der Waals surface area (Å²) in [5.74, 6) is -0.905. The summed E-state index contributed by atoms with van der Waals surface area (Å²) < 4.78 is 1.83. The zero-order valence-electron chi connectivity index (χ0n) is 11.9. The zero-order valence-corrected chi connectivity index (χ0v) is 11.9. The number of rotatable bonds is 4. The van der Waals surface area contributed by atoms with Crippen molar-refractivity contribution in [2.45, 2.75) is 19.4 Å². The van der Waals surface area contributed by atoms with E-state index in [2.05, 4.69) is 22.1 Å². The Labute approximate surface area is 123 Å². The first-order chi connectivity index (χ1) is 10.2. The number of carbonyl (C=O) groups is 1. The van der Waals surface area contributed by atoms with Crippen molar-refractivity contribution < 1.29 is 9.90 Å². The molecule has 5 nitrogen and oxygen atoms in total. The highest BCUT2D eigenvalue weighted by Gasteiger charge is 2.25. The number of benzene rings is 1. The average Bonchev–Trinajstić information content (AvgIpc) is 3.02. The fourth-order valence-electron chi connectivity index (χ4n) is 2.88. The molecule has 1 aromatic carbocycles. The Morgan fingerprint density at radius 2 is 2.29 bits per heavy atom. The second kappa shape index (κ2) is 6.10. The van der Waals surface area contributed by atoms with Gasteiger partial charge in [0.25, 0.3) is 0 Å². The lowest BCUT2D eigenvalue weighted by molar-refractivity contribution is -0.143. The van der Waals surface area contributed by atoms with Crippen LogP contribution in [0.1, 0.15) is 18.4 Å². The molecule has 0 aliphatic carbocycles. The fourth-order valence-corrected chi connectivity index (χ4v) is 2.88. The van der Waals surface area contributed by atoms with Gasteiger partial charge in [0.2, 0.25) is 0 Å². The van der Waals surface area contributed by atoms with Gasteiger partial charge in [-0.05, 0) is 43.1 Å². The number of nitrogens with zero attached hydrogens (tertiary/aromatic N) is 3. The van der Waals surface area contributed by atoms with Crippen LogP contribution in [-0.4, -0.2) is 38.8 Å². The van der Waals surface area contributed by atoms with E-state index >= 15 is 0 Å². The molecule has 1 unspecified atom stereocenters. The topological polar surface area (TPSA) is 58.4 Å². The molecular formula is C16H19N3O2. The summed E-state index contributed by atoms with van der Waals surface area (Å²) in [5.41, 5.74) is 2.22. The van der Waals surface area contributed by atoms with E-state index in [1.807, 2.05) is 29.1 Å². The minimum absolute atomic E-state index is 0.229. The fraction of sp³-hybridized carbons (Fsp3) is 0.375. The number of aliphatic carboxylic acids is 1. The molecule has 1 fully saturated rings. The number of hydrogen-bond donors (Lipinski definition) is 1. The van der Waals surface area contributed by atoms with Gasteiger partial charge in [-0.2, -0.15) is 5.10 Å². The molecule has 2 heterocycles. The van der Waals surface area contributed by atoms with Gasteiger partial charge in [0.15, 0.2) is 0 Å². The standard InChI is InChI=1S/C16H19N3O2/c20-16(21)14-5-2-8-18(12-14)11-13-4-1-6-15(10-13)19-9-3-7-17-19/h1,3-4,6-7,9-10,14H,2,5,8,11-12H2,(H,20,21). The summed E-state index contributed by atoms with van der Waals surface area (Å²) in [4.78, 5) is 13.4. The van der Waals surface area contributed by atoms with Crippen LogP contribution in [0.5, 0.6) is 0 Å². The quantitative estimate of drug-likeness (QED) is 0.935. The van der Waals surface area contributed by atoms with Gasteiger partial charge in [-0.15, -0.1) is 0 Å². The van der Waals surface area contributed by atoms with E-state index in [1.54, 1.807) is 6.20 Å². The third-order valence-corrected chi connectivity index (χ3v) is 3.94. The van der Waals surface area contributed by atoms with Crippen LogP contribution in [0, 0.1) is 5.92 Å². The predicted molar refractivity (Wildman–Crippen MR) is 79.2 cm³/mol. The summed E-state index contributed by atoms with van der Waals surface area (Å²) >= 11 is 0. The molecule has 0 spiro atoms. The minimum atomic E-state index is -0.676. The molecule has 5 heteroatoms. The van der Waals surface area contributed by atoms with E-state index < -0.39 is 5.97 Å². The predicted octanol–water partition coefficient (Wildman–Crippen LogP) is 2.17. The first-order valence-electron chi connectivity index (χ1n) is 7.26. The molecule has 0 saturated carbocycles. The van der Waals surface area contributed by atoms with E-state index in [0.717, 1.165) is 31.6 Å². The molecule has 2 aromatic rings. The van der Waals surface area contributed by atoms with Crippen molar-refractivity contribution in [3.8, 4) is 5.69 Å². The van der Waals surface area contributed by atoms with Gasteiger partial charge < -0.3 is 5.11 Å². The lowest BCUT2D eigenvalue weighted by Crippen LogP contribution is -2.38. The van der Waals surface area contributed by atoms with Gasteiger partial charge in [-0.25, -0.2) is 4.68 Å². The van der Waals surface area contributed by atoms with Gasteiger partial charge in [-0.1, -0.05) is 12.1 Å². The van der Waals surface area contributed by atoms with Gasteiger partial charge in [0.05, 0.1) is 11.6 Å². The zero-order chi connectivity index (χ0) is 14.7. The second-order valence-corrected chi connectivity index (χ2v) is 5.53. The first-order valence-corrected chi connectivity index (χ1v) is 7.26. The molecule has 0 radical (unpaired) electrons. The maximum absolute atomic E-state index is 11.1. The number of piperidine rings is 1. The van der Waals surface area contributed by atoms with Crippen molar-refractivity contribution in [2.24, 2.45) is 5.92 Å². The van der Waals surface area contributed by atoms with Gasteiger partial charge >= 0.3 is 5.97 Å². The largest absolute Gasteiger partial charge is 0.481 e. The molecule has 21 heavy (non-hydrogen) atoms. The molecule has 1 atom stereocenters. The number of likely N-dealkylation sites (tertiary alicyclic amines) is 1. The monoisotopic (exact) mass is 285 g/mol. The van der Waals surface area contributed by atoms with Crippen LogP contribution < -0.4 is 0 Å². The van der Waals surface area contributed by atoms with Crippen molar-refractivity contribution in [1.29, 1.82) is 0 Å². The van der Waals surface area contributed by atoms with Crippen LogP contribution in [0.3, 0.4) is 0 Å². The molecule has 1 saturated heterocycles. The third kappa shape index (κ3) is 3.31. The van der Waals surface area contributed by atoms with Gasteiger partial charge in [-0.3, -0.25) is 9.69 Å². The Hall–Kier alpha value is -2.14. The Morgan fingerprint density at radius 3 is 3.05 bits per heavy atom. The summed E-state index contributed by atoms with van der Waals surface area (Å²) in [7, 11) is 0. The summed E-state index contributed by atoms with van der Waals surface area (Å²) in [5, 5.41) is 13.4. The molecule has 1 N–H and O–H groups in total. The third-order valence-electron chi connectivity index (χ3n) is 3.94. The van der Waals surface area contributed by atoms with Gasteiger partial charge in [0, 0.05) is 25.5 Å². The van der Waals surface area contributed by atoms with Crippen LogP contribution in [0.15, 0.2) is 42.7 Å². The Kier molecular flexibility index (Phi) is 4.01. The number of aromatic nitrogens is 2. The minimum Gasteiger partial charge on any atom is -0.481 e. The van der Waals surface area contributed by atoms with E-state index in [9.17, 15) is 4.79 Å². The Bertz CT molecular complexity index is 610. The van der Waals surface area contributed by atoms with E-state index in [0.29, 0.717) is 6.54 Å². The molecule has 110 valence electrons. The van der Waals surface area contributed by atoms with E-state index in [-0.39, 0.29) is 5.92 Å². The molecule has 0 amide bonds. The normalized spacial score (nSPS) is 19.5. The van der Waals surface area contributed by atoms with Crippen molar-refractivity contribution >= 4 is 5.97 Å². The summed E-state index contributed by atoms with van der Waals surface area (Å²) in [6.45, 7) is 2.40. The van der Waals surface area contributed by atoms with E-state index in [1.165, 1.54) is 5.56 Å². The van der Waals surface area contributed by atoms with Crippen LogP contribution in [-0.2, 0) is 11.3 Å². The van der Waals surface area contributed by atoms with Crippen molar-refractivity contribution in [1.82, 2.24) is 14.7 Å². The number of hydrogen-bond acceptors (Lipinski definition) is 3. The van der Waals surface area contributed by atoms with Crippen LogP contribution in [0.25, 0.3) is 5.69 Å². The smallest absolute Gasteiger partial charge is 0.307 e. The second-order valence-electron chi connectivity index (χ2n) is 5.53. The lowest BCUT2D eigenvalue weighted by atomic mass is 9.98. The van der Waals surface area contributed by atoms with Gasteiger partial charge in [0.1, 0.15) is 0 Å². The average molecular weight is 285 g/mol. The summed E-state index contributed by atoms with van der Waals surface area (Å²) in [6.07, 6.45) is 5.42. The lowest BCUT2D eigenvalue weighted by Gasteiger charge is -2.30. The van der Waals surface area contributed by atoms with Crippen LogP contribution in [0.4, 0.5) is 0 Å². The molecular weight excluding hydrogens is 266 g/mol. The maximum Gasteiger partial charge on any atom is 0.307 e. The number of carboxylic acids is 1. The van der Waals surface area contributed by atoms with Crippen LogP contribution in [0.2, 0.25) is 0 Å². The van der Waals surface area contributed by atoms with Crippen molar-refractivity contribution in [3.63, 3.8) is 0 Å². The molecule has 3 rings (SSSR count). The Morgan fingerprint density at radius 1 is 1.38 bits per heavy atom. The van der Waals surface area contributed by atoms with Crippen LogP contribution >= 0.6 is 0 Å². The first kappa shape index (κ1) is 13.8. The highest BCUT2D eigenvalue weighted by Crippen LogP contribution is 2.19. The highest BCUT2D eigenvalue weighted by atomic mass is 16.4. The molecule has 1 aliphatic rings. The maximum atomic E-state index is 11.1. The molecule has 0 bridgehead atoms. The summed E-state index contributed by atoms with van der Waals surface area (Å²) in [6, 6.07) is 10.1.